The van der Waals surface area contributed by atoms with Gasteiger partial charge in [0.2, 0.25) is 0 Å². The summed E-state index contributed by atoms with van der Waals surface area (Å²) in [4.78, 5) is 13.7. The summed E-state index contributed by atoms with van der Waals surface area (Å²) in [5.74, 6) is -0.201. The predicted molar refractivity (Wildman–Crippen MR) is 93.2 cm³/mol. The van der Waals surface area contributed by atoms with E-state index in [1.807, 2.05) is 0 Å². The van der Waals surface area contributed by atoms with Crippen molar-refractivity contribution in [1.29, 1.82) is 0 Å². The molecule has 1 aliphatic carbocycles. The molecule has 1 saturated heterocycles. The molecule has 1 aliphatic heterocycles. The van der Waals surface area contributed by atoms with E-state index >= 15 is 0 Å². The van der Waals surface area contributed by atoms with Gasteiger partial charge < -0.3 is 19.3 Å². The number of hydrogen-bond donors (Lipinski definition) is 1. The average Bonchev–Trinajstić information content (AvgIpc) is 2.99. The van der Waals surface area contributed by atoms with Gasteiger partial charge in [-0.25, -0.2) is 4.79 Å². The van der Waals surface area contributed by atoms with Gasteiger partial charge in [-0.05, 0) is 43.9 Å². The largest absolute Gasteiger partial charge is 0.496 e. The van der Waals surface area contributed by atoms with E-state index in [4.69, 9.17) is 14.2 Å². The first kappa shape index (κ1) is 18.2. The summed E-state index contributed by atoms with van der Waals surface area (Å²) in [6, 6.07) is 5.30. The number of methoxy groups -OCH3 is 3. The van der Waals surface area contributed by atoms with Gasteiger partial charge in [0.05, 0.1) is 24.4 Å². The van der Waals surface area contributed by atoms with E-state index in [-0.39, 0.29) is 23.3 Å². The quantitative estimate of drug-likeness (QED) is 0.851. The highest BCUT2D eigenvalue weighted by atomic mass is 16.5. The van der Waals surface area contributed by atoms with Crippen molar-refractivity contribution in [2.75, 3.05) is 27.9 Å². The minimum absolute atomic E-state index is 0.118. The zero-order chi connectivity index (χ0) is 18.0. The van der Waals surface area contributed by atoms with E-state index in [1.165, 1.54) is 0 Å². The average molecular weight is 349 g/mol. The highest BCUT2D eigenvalue weighted by molar-refractivity contribution is 5.88. The van der Waals surface area contributed by atoms with E-state index in [0.717, 1.165) is 43.5 Å². The molecular formula is C19H27NO5. The molecule has 2 fully saturated rings. The van der Waals surface area contributed by atoms with Gasteiger partial charge in [-0.2, -0.15) is 0 Å². The molecule has 0 amide bonds. The van der Waals surface area contributed by atoms with Crippen LogP contribution in [0, 0.1) is 0 Å². The summed E-state index contributed by atoms with van der Waals surface area (Å²) >= 11 is 0. The van der Waals surface area contributed by atoms with Crippen molar-refractivity contribution < 1.29 is 24.1 Å². The smallest absolute Gasteiger partial charge is 0.335 e. The van der Waals surface area contributed by atoms with Crippen LogP contribution in [0.4, 0.5) is 0 Å². The molecule has 0 unspecified atom stereocenters. The van der Waals surface area contributed by atoms with Crippen LogP contribution in [0.3, 0.4) is 0 Å². The van der Waals surface area contributed by atoms with E-state index < -0.39 is 5.97 Å². The molecule has 1 heterocycles. The Hall–Kier alpha value is -1.63. The number of nitrogens with zero attached hydrogens (tertiary/aromatic N) is 1. The Morgan fingerprint density at radius 3 is 2.76 bits per heavy atom. The van der Waals surface area contributed by atoms with Crippen molar-refractivity contribution in [3.05, 3.63) is 29.3 Å². The Balaban J connectivity index is 1.85. The maximum atomic E-state index is 11.3. The van der Waals surface area contributed by atoms with Crippen molar-refractivity contribution in [2.45, 2.75) is 50.0 Å². The van der Waals surface area contributed by atoms with Gasteiger partial charge in [-0.1, -0.05) is 0 Å². The molecule has 25 heavy (non-hydrogen) atoms. The van der Waals surface area contributed by atoms with E-state index in [0.29, 0.717) is 6.54 Å². The molecule has 2 aliphatic rings. The third-order valence-corrected chi connectivity index (χ3v) is 5.89. The SMILES string of the molecule is COc1ccc(C(=O)O)cc1CN1CC[C@]2(OC)CC[C@H](OC)C[C@H]12. The topological polar surface area (TPSA) is 68.2 Å². The van der Waals surface area contributed by atoms with Crippen molar-refractivity contribution in [3.63, 3.8) is 0 Å². The van der Waals surface area contributed by atoms with Crippen LogP contribution in [0.15, 0.2) is 18.2 Å². The number of aromatic carboxylic acids is 1. The molecular weight excluding hydrogens is 322 g/mol. The standard InChI is InChI=1S/C19H27NO5/c1-23-15-6-7-19(25-3)8-9-20(17(19)11-15)12-14-10-13(18(21)22)4-5-16(14)24-2/h4-5,10,15,17H,6-9,11-12H2,1-3H3,(H,21,22)/t15-,17-,19+/m0/s1. The maximum Gasteiger partial charge on any atom is 0.335 e. The number of rotatable bonds is 6. The van der Waals surface area contributed by atoms with Gasteiger partial charge in [0.1, 0.15) is 5.75 Å². The molecule has 3 atom stereocenters. The van der Waals surface area contributed by atoms with Gasteiger partial charge in [0.15, 0.2) is 0 Å². The normalized spacial score (nSPS) is 29.4. The molecule has 0 radical (unpaired) electrons. The zero-order valence-corrected chi connectivity index (χ0v) is 15.2. The number of fused-ring (bicyclic) bond motifs is 1. The number of benzene rings is 1. The van der Waals surface area contributed by atoms with Crippen molar-refractivity contribution in [1.82, 2.24) is 4.90 Å². The fraction of sp³-hybridized carbons (Fsp3) is 0.632. The first-order valence-corrected chi connectivity index (χ1v) is 8.75. The summed E-state index contributed by atoms with van der Waals surface area (Å²) in [7, 11) is 5.18. The minimum atomic E-state index is -0.923. The van der Waals surface area contributed by atoms with Crippen LogP contribution in [0.2, 0.25) is 0 Å². The number of carboxylic acid groups (broad SMARTS) is 1. The highest BCUT2D eigenvalue weighted by Gasteiger charge is 2.51. The van der Waals surface area contributed by atoms with Gasteiger partial charge in [0, 0.05) is 38.9 Å². The molecule has 0 spiro atoms. The lowest BCUT2D eigenvalue weighted by atomic mass is 9.79. The first-order valence-electron chi connectivity index (χ1n) is 8.75. The summed E-state index contributed by atoms with van der Waals surface area (Å²) in [6.45, 7) is 1.58. The van der Waals surface area contributed by atoms with Crippen LogP contribution >= 0.6 is 0 Å². The molecule has 0 aromatic heterocycles. The molecule has 1 saturated carbocycles. The molecule has 6 heteroatoms. The lowest BCUT2D eigenvalue weighted by Crippen LogP contribution is -2.51. The Morgan fingerprint density at radius 2 is 2.12 bits per heavy atom. The fourth-order valence-electron chi connectivity index (χ4n) is 4.41. The van der Waals surface area contributed by atoms with Crippen LogP contribution in [-0.2, 0) is 16.0 Å². The fourth-order valence-corrected chi connectivity index (χ4v) is 4.41. The Bertz CT molecular complexity index is 634. The van der Waals surface area contributed by atoms with E-state index in [1.54, 1.807) is 39.5 Å². The second-order valence-corrected chi connectivity index (χ2v) is 6.97. The van der Waals surface area contributed by atoms with E-state index in [2.05, 4.69) is 4.90 Å². The summed E-state index contributed by atoms with van der Waals surface area (Å²) in [5, 5.41) is 9.28. The summed E-state index contributed by atoms with van der Waals surface area (Å²) in [5.41, 5.74) is 1.06. The van der Waals surface area contributed by atoms with Gasteiger partial charge in [-0.15, -0.1) is 0 Å². The predicted octanol–water partition coefficient (Wildman–Crippen LogP) is 2.55. The lowest BCUT2D eigenvalue weighted by molar-refractivity contribution is -0.0947. The lowest BCUT2D eigenvalue weighted by Gasteiger charge is -2.43. The molecule has 1 aromatic rings. The Kier molecular flexibility index (Phi) is 5.32. The maximum absolute atomic E-state index is 11.3. The van der Waals surface area contributed by atoms with Crippen molar-refractivity contribution >= 4 is 5.97 Å². The zero-order valence-electron chi connectivity index (χ0n) is 15.2. The Labute approximate surface area is 148 Å². The van der Waals surface area contributed by atoms with Crippen LogP contribution in [0.5, 0.6) is 5.75 Å². The Morgan fingerprint density at radius 1 is 1.32 bits per heavy atom. The first-order chi connectivity index (χ1) is 12.0. The number of ether oxygens (including phenoxy) is 3. The number of carboxylic acids is 1. The minimum Gasteiger partial charge on any atom is -0.496 e. The van der Waals surface area contributed by atoms with Crippen molar-refractivity contribution in [3.8, 4) is 5.75 Å². The van der Waals surface area contributed by atoms with Crippen LogP contribution in [0.25, 0.3) is 0 Å². The monoisotopic (exact) mass is 349 g/mol. The van der Waals surface area contributed by atoms with Gasteiger partial charge in [0.25, 0.3) is 0 Å². The van der Waals surface area contributed by atoms with Gasteiger partial charge >= 0.3 is 5.97 Å². The summed E-state index contributed by atoms with van der Waals surface area (Å²) < 4.78 is 17.0. The molecule has 3 rings (SSSR count). The number of likely N-dealkylation sites (tertiary alicyclic amines) is 1. The molecule has 138 valence electrons. The van der Waals surface area contributed by atoms with E-state index in [9.17, 15) is 9.90 Å². The third-order valence-electron chi connectivity index (χ3n) is 5.89. The second kappa shape index (κ2) is 7.32. The number of hydrogen-bond acceptors (Lipinski definition) is 5. The highest BCUT2D eigenvalue weighted by Crippen LogP contribution is 2.44. The molecule has 0 bridgehead atoms. The molecule has 6 nitrogen and oxygen atoms in total. The van der Waals surface area contributed by atoms with Crippen molar-refractivity contribution in [2.24, 2.45) is 0 Å². The summed E-state index contributed by atoms with van der Waals surface area (Å²) in [6.07, 6.45) is 4.19. The number of carbonyl (C=O) groups is 1. The second-order valence-electron chi connectivity index (χ2n) is 6.97. The van der Waals surface area contributed by atoms with Crippen LogP contribution < -0.4 is 4.74 Å². The van der Waals surface area contributed by atoms with Crippen LogP contribution in [-0.4, -0.2) is 61.6 Å². The van der Waals surface area contributed by atoms with Gasteiger partial charge in [-0.3, -0.25) is 4.90 Å². The molecule has 1 aromatic carbocycles. The van der Waals surface area contributed by atoms with Crippen LogP contribution in [0.1, 0.15) is 41.6 Å². The third kappa shape index (κ3) is 3.38. The molecule has 1 N–H and O–H groups in total.